The molecule has 3 N–H and O–H groups in total. The minimum atomic E-state index is -0.379. The number of methoxy groups -OCH3 is 1. The van der Waals surface area contributed by atoms with Gasteiger partial charge < -0.3 is 20.7 Å². The van der Waals surface area contributed by atoms with Crippen molar-refractivity contribution in [3.8, 4) is 0 Å². The Balaban J connectivity index is 1.84. The number of nitrogens with zero attached hydrogens (tertiary/aromatic N) is 1. The van der Waals surface area contributed by atoms with Crippen LogP contribution >= 0.6 is 0 Å². The van der Waals surface area contributed by atoms with E-state index in [1.807, 2.05) is 0 Å². The lowest BCUT2D eigenvalue weighted by atomic mass is 9.99. The molecule has 0 saturated carbocycles. The standard InChI is InChI=1S/C17H26FN3O/c1-13-9-11-21(17(13)19)12-14-5-7-15(8-6-14)20-16(22-2)4-3-10-18/h4-5,7-8,14,20H,3,6,9-12,19H2,1-2H3/b16-4+. The van der Waals surface area contributed by atoms with Crippen LogP contribution in [0.3, 0.4) is 0 Å². The Morgan fingerprint density at radius 1 is 1.59 bits per heavy atom. The van der Waals surface area contributed by atoms with E-state index in [0.717, 1.165) is 37.4 Å². The minimum Gasteiger partial charge on any atom is -0.483 e. The minimum absolute atomic E-state index is 0.357. The zero-order chi connectivity index (χ0) is 15.9. The molecule has 0 fully saturated rings. The van der Waals surface area contributed by atoms with E-state index in [4.69, 9.17) is 10.5 Å². The Kier molecular flexibility index (Phi) is 5.92. The van der Waals surface area contributed by atoms with Crippen LogP contribution in [0.25, 0.3) is 0 Å². The van der Waals surface area contributed by atoms with Crippen molar-refractivity contribution in [3.05, 3.63) is 47.3 Å². The molecular formula is C17H26FN3O. The van der Waals surface area contributed by atoms with E-state index in [1.54, 1.807) is 13.2 Å². The molecular weight excluding hydrogens is 281 g/mol. The van der Waals surface area contributed by atoms with Gasteiger partial charge in [0.1, 0.15) is 0 Å². The summed E-state index contributed by atoms with van der Waals surface area (Å²) >= 11 is 0. The topological polar surface area (TPSA) is 50.5 Å². The molecule has 1 aliphatic heterocycles. The summed E-state index contributed by atoms with van der Waals surface area (Å²) in [4.78, 5) is 2.26. The van der Waals surface area contributed by atoms with Crippen molar-refractivity contribution in [2.75, 3.05) is 26.9 Å². The molecule has 1 unspecified atom stereocenters. The number of hydrogen-bond donors (Lipinski definition) is 2. The van der Waals surface area contributed by atoms with Crippen molar-refractivity contribution in [3.63, 3.8) is 0 Å². The summed E-state index contributed by atoms with van der Waals surface area (Å²) in [5.41, 5.74) is 8.38. The number of nitrogens with one attached hydrogen (secondary N) is 1. The number of halogens is 1. The molecule has 22 heavy (non-hydrogen) atoms. The molecule has 4 nitrogen and oxygen atoms in total. The Morgan fingerprint density at radius 2 is 2.41 bits per heavy atom. The van der Waals surface area contributed by atoms with Crippen molar-refractivity contribution < 1.29 is 9.13 Å². The zero-order valence-corrected chi connectivity index (χ0v) is 13.4. The van der Waals surface area contributed by atoms with Gasteiger partial charge in [-0.05, 0) is 49.8 Å². The number of alkyl halides is 1. The summed E-state index contributed by atoms with van der Waals surface area (Å²) in [5.74, 6) is 2.00. The molecule has 0 radical (unpaired) electrons. The molecule has 2 rings (SSSR count). The molecule has 0 aromatic carbocycles. The van der Waals surface area contributed by atoms with Crippen LogP contribution in [0.15, 0.2) is 47.3 Å². The van der Waals surface area contributed by atoms with E-state index < -0.39 is 0 Å². The maximum absolute atomic E-state index is 12.2. The first-order chi connectivity index (χ1) is 10.6. The second-order valence-corrected chi connectivity index (χ2v) is 5.75. The normalized spacial score (nSPS) is 22.1. The van der Waals surface area contributed by atoms with Gasteiger partial charge in [-0.3, -0.25) is 4.39 Å². The highest BCUT2D eigenvalue weighted by Gasteiger charge is 2.20. The summed E-state index contributed by atoms with van der Waals surface area (Å²) in [6.07, 6.45) is 10.5. The maximum Gasteiger partial charge on any atom is 0.186 e. The molecule has 0 aromatic heterocycles. The summed E-state index contributed by atoms with van der Waals surface area (Å²) < 4.78 is 17.4. The lowest BCUT2D eigenvalue weighted by molar-refractivity contribution is 0.267. The van der Waals surface area contributed by atoms with E-state index in [0.29, 0.717) is 18.2 Å². The van der Waals surface area contributed by atoms with Crippen LogP contribution in [0, 0.1) is 5.92 Å². The van der Waals surface area contributed by atoms with Crippen molar-refractivity contribution in [1.82, 2.24) is 10.2 Å². The van der Waals surface area contributed by atoms with Crippen LogP contribution in [0.1, 0.15) is 26.2 Å². The fraction of sp³-hybridized carbons (Fsp3) is 0.529. The van der Waals surface area contributed by atoms with Gasteiger partial charge in [0.15, 0.2) is 5.88 Å². The van der Waals surface area contributed by atoms with Crippen LogP contribution < -0.4 is 11.1 Å². The van der Waals surface area contributed by atoms with Crippen LogP contribution in [-0.2, 0) is 4.74 Å². The number of nitrogens with two attached hydrogens (primary N) is 1. The van der Waals surface area contributed by atoms with Crippen LogP contribution in [-0.4, -0.2) is 31.8 Å². The first kappa shape index (κ1) is 16.5. The third-order valence-electron chi connectivity index (χ3n) is 4.10. The first-order valence-electron chi connectivity index (χ1n) is 7.79. The van der Waals surface area contributed by atoms with Gasteiger partial charge in [-0.15, -0.1) is 0 Å². The summed E-state index contributed by atoms with van der Waals surface area (Å²) in [6.45, 7) is 3.70. The van der Waals surface area contributed by atoms with Crippen LogP contribution in [0.2, 0.25) is 0 Å². The summed E-state index contributed by atoms with van der Waals surface area (Å²) in [5, 5.41) is 3.17. The average Bonchev–Trinajstić information content (AvgIpc) is 2.85. The molecule has 0 spiro atoms. The molecule has 0 aromatic rings. The molecule has 1 aliphatic carbocycles. The molecule has 1 heterocycles. The average molecular weight is 307 g/mol. The third-order valence-corrected chi connectivity index (χ3v) is 4.10. The highest BCUT2D eigenvalue weighted by atomic mass is 19.1. The number of rotatable bonds is 7. The third kappa shape index (κ3) is 4.29. The van der Waals surface area contributed by atoms with Gasteiger partial charge in [-0.25, -0.2) is 0 Å². The fourth-order valence-electron chi connectivity index (χ4n) is 2.70. The van der Waals surface area contributed by atoms with E-state index in [2.05, 4.69) is 35.4 Å². The number of hydrogen-bond acceptors (Lipinski definition) is 4. The lowest BCUT2D eigenvalue weighted by Gasteiger charge is -2.25. The van der Waals surface area contributed by atoms with E-state index >= 15 is 0 Å². The van der Waals surface area contributed by atoms with Gasteiger partial charge in [-0.1, -0.05) is 12.2 Å². The Labute approximate surface area is 132 Å². The van der Waals surface area contributed by atoms with Crippen LogP contribution in [0.5, 0.6) is 0 Å². The van der Waals surface area contributed by atoms with E-state index in [1.165, 1.54) is 5.57 Å². The smallest absolute Gasteiger partial charge is 0.186 e. The van der Waals surface area contributed by atoms with Crippen molar-refractivity contribution >= 4 is 0 Å². The molecule has 122 valence electrons. The highest BCUT2D eigenvalue weighted by Crippen LogP contribution is 2.23. The van der Waals surface area contributed by atoms with Crippen molar-refractivity contribution in [2.45, 2.75) is 26.2 Å². The number of ether oxygens (including phenoxy) is 1. The monoisotopic (exact) mass is 307 g/mol. The quantitative estimate of drug-likeness (QED) is 0.710. The molecule has 0 bridgehead atoms. The molecule has 0 saturated heterocycles. The largest absolute Gasteiger partial charge is 0.483 e. The zero-order valence-electron chi connectivity index (χ0n) is 13.4. The van der Waals surface area contributed by atoms with Gasteiger partial charge in [-0.2, -0.15) is 0 Å². The Morgan fingerprint density at radius 3 is 2.95 bits per heavy atom. The molecule has 5 heteroatoms. The summed E-state index contributed by atoms with van der Waals surface area (Å²) in [6, 6.07) is 0. The molecule has 1 atom stereocenters. The SMILES string of the molecule is CO/C(=C/CCF)NC1=CCC(CN2CCC(C)=C2N)C=C1. The van der Waals surface area contributed by atoms with Gasteiger partial charge >= 0.3 is 0 Å². The van der Waals surface area contributed by atoms with Crippen LogP contribution in [0.4, 0.5) is 4.39 Å². The van der Waals surface area contributed by atoms with Gasteiger partial charge in [0, 0.05) is 18.8 Å². The summed E-state index contributed by atoms with van der Waals surface area (Å²) in [7, 11) is 1.58. The second kappa shape index (κ2) is 7.92. The molecule has 2 aliphatic rings. The number of allylic oxidation sites excluding steroid dienone is 3. The second-order valence-electron chi connectivity index (χ2n) is 5.75. The Hall–Kier alpha value is -1.91. The van der Waals surface area contributed by atoms with E-state index in [9.17, 15) is 4.39 Å². The van der Waals surface area contributed by atoms with Gasteiger partial charge in [0.25, 0.3) is 0 Å². The lowest BCUT2D eigenvalue weighted by Crippen LogP contribution is -2.30. The maximum atomic E-state index is 12.2. The van der Waals surface area contributed by atoms with Crippen molar-refractivity contribution in [2.24, 2.45) is 11.7 Å². The van der Waals surface area contributed by atoms with E-state index in [-0.39, 0.29) is 6.67 Å². The van der Waals surface area contributed by atoms with Crippen molar-refractivity contribution in [1.29, 1.82) is 0 Å². The first-order valence-corrected chi connectivity index (χ1v) is 7.79. The predicted molar refractivity (Wildman–Crippen MR) is 87.2 cm³/mol. The fourth-order valence-corrected chi connectivity index (χ4v) is 2.70. The Bertz CT molecular complexity index is 508. The van der Waals surface area contributed by atoms with Gasteiger partial charge in [0.2, 0.25) is 0 Å². The highest BCUT2D eigenvalue weighted by molar-refractivity contribution is 5.25. The predicted octanol–water partition coefficient (Wildman–Crippen LogP) is 2.78. The molecule has 0 amide bonds. The van der Waals surface area contributed by atoms with Gasteiger partial charge in [0.05, 0.1) is 19.6 Å².